The van der Waals surface area contributed by atoms with E-state index >= 15 is 0 Å². The van der Waals surface area contributed by atoms with Crippen molar-refractivity contribution in [1.82, 2.24) is 9.97 Å². The highest BCUT2D eigenvalue weighted by atomic mass is 15.0. The summed E-state index contributed by atoms with van der Waals surface area (Å²) in [5.41, 5.74) is 4.31. The van der Waals surface area contributed by atoms with Gasteiger partial charge in [0, 0.05) is 12.6 Å². The van der Waals surface area contributed by atoms with Crippen molar-refractivity contribution in [2.75, 3.05) is 11.9 Å². The van der Waals surface area contributed by atoms with Gasteiger partial charge in [-0.15, -0.1) is 0 Å². The zero-order valence-electron chi connectivity index (χ0n) is 12.1. The summed E-state index contributed by atoms with van der Waals surface area (Å²) in [5, 5.41) is 12.1. The Morgan fingerprint density at radius 3 is 2.70 bits per heavy atom. The molecule has 1 aromatic carbocycles. The number of anilines is 1. The van der Waals surface area contributed by atoms with Gasteiger partial charge >= 0.3 is 0 Å². The first-order valence-electron chi connectivity index (χ1n) is 6.64. The fraction of sp³-hybridized carbons (Fsp3) is 0.312. The van der Waals surface area contributed by atoms with Crippen LogP contribution in [0.3, 0.4) is 0 Å². The molecule has 2 rings (SSSR count). The highest BCUT2D eigenvalue weighted by molar-refractivity contribution is 5.40. The van der Waals surface area contributed by atoms with Gasteiger partial charge in [0.05, 0.1) is 0 Å². The van der Waals surface area contributed by atoms with Gasteiger partial charge in [-0.2, -0.15) is 5.26 Å². The van der Waals surface area contributed by atoms with Crippen LogP contribution in [0.25, 0.3) is 0 Å². The second kappa shape index (κ2) is 6.16. The van der Waals surface area contributed by atoms with Gasteiger partial charge in [-0.1, -0.05) is 23.8 Å². The predicted octanol–water partition coefficient (Wildman–Crippen LogP) is 2.93. The summed E-state index contributed by atoms with van der Waals surface area (Å²) in [6.07, 6.45) is 0.929. The molecule has 0 saturated carbocycles. The Balaban J connectivity index is 2.01. The molecular formula is C16H18N4. The Morgan fingerprint density at radius 1 is 1.15 bits per heavy atom. The van der Waals surface area contributed by atoms with Crippen molar-refractivity contribution in [2.45, 2.75) is 27.2 Å². The monoisotopic (exact) mass is 266 g/mol. The van der Waals surface area contributed by atoms with E-state index < -0.39 is 0 Å². The summed E-state index contributed by atoms with van der Waals surface area (Å²) in [4.78, 5) is 8.31. The van der Waals surface area contributed by atoms with Gasteiger partial charge in [-0.05, 0) is 38.3 Å². The second-order valence-electron chi connectivity index (χ2n) is 4.90. The van der Waals surface area contributed by atoms with Crippen molar-refractivity contribution in [1.29, 1.82) is 5.26 Å². The first-order chi connectivity index (χ1) is 9.58. The smallest absolute Gasteiger partial charge is 0.146 e. The van der Waals surface area contributed by atoms with E-state index in [1.807, 2.05) is 6.07 Å². The lowest BCUT2D eigenvalue weighted by atomic mass is 10.0. The van der Waals surface area contributed by atoms with Gasteiger partial charge < -0.3 is 5.32 Å². The van der Waals surface area contributed by atoms with Crippen LogP contribution in [0.15, 0.2) is 24.3 Å². The molecule has 2 aromatic rings. The van der Waals surface area contributed by atoms with E-state index in [1.54, 1.807) is 13.0 Å². The number of hydrogen-bond acceptors (Lipinski definition) is 4. The Kier molecular flexibility index (Phi) is 4.31. The third-order valence-corrected chi connectivity index (χ3v) is 3.16. The lowest BCUT2D eigenvalue weighted by molar-refractivity contribution is 0.967. The van der Waals surface area contributed by atoms with E-state index in [0.717, 1.165) is 13.0 Å². The summed E-state index contributed by atoms with van der Waals surface area (Å²) in [6.45, 7) is 6.79. The van der Waals surface area contributed by atoms with Crippen molar-refractivity contribution in [2.24, 2.45) is 0 Å². The van der Waals surface area contributed by atoms with E-state index in [1.165, 1.54) is 16.7 Å². The predicted molar refractivity (Wildman–Crippen MR) is 79.6 cm³/mol. The molecule has 1 heterocycles. The third-order valence-electron chi connectivity index (χ3n) is 3.16. The van der Waals surface area contributed by atoms with Crippen molar-refractivity contribution in [3.63, 3.8) is 0 Å². The molecule has 1 aromatic heterocycles. The van der Waals surface area contributed by atoms with Crippen molar-refractivity contribution < 1.29 is 0 Å². The van der Waals surface area contributed by atoms with Crippen LogP contribution >= 0.6 is 0 Å². The maximum atomic E-state index is 8.89. The van der Waals surface area contributed by atoms with Crippen LogP contribution in [0.5, 0.6) is 0 Å². The van der Waals surface area contributed by atoms with E-state index in [-0.39, 0.29) is 0 Å². The van der Waals surface area contributed by atoms with E-state index in [9.17, 15) is 0 Å². The standard InChI is InChI=1S/C16H18N4/c1-11-4-5-12(2)14(8-11)6-7-18-16-9-15(10-17)19-13(3)20-16/h4-5,8-9H,6-7H2,1-3H3,(H,18,19,20). The lowest BCUT2D eigenvalue weighted by Gasteiger charge is -2.09. The van der Waals surface area contributed by atoms with Crippen molar-refractivity contribution in [3.05, 3.63) is 52.5 Å². The molecule has 1 N–H and O–H groups in total. The third kappa shape index (κ3) is 3.55. The fourth-order valence-corrected chi connectivity index (χ4v) is 2.11. The van der Waals surface area contributed by atoms with Crippen LogP contribution in [0, 0.1) is 32.1 Å². The first kappa shape index (κ1) is 14.0. The molecule has 0 bridgehead atoms. The van der Waals surface area contributed by atoms with Gasteiger partial charge in [-0.3, -0.25) is 0 Å². The van der Waals surface area contributed by atoms with Gasteiger partial charge in [-0.25, -0.2) is 9.97 Å². The minimum Gasteiger partial charge on any atom is -0.370 e. The van der Waals surface area contributed by atoms with Crippen LogP contribution in [0.1, 0.15) is 28.2 Å². The maximum absolute atomic E-state index is 8.89. The second-order valence-corrected chi connectivity index (χ2v) is 4.90. The minimum atomic E-state index is 0.395. The zero-order valence-corrected chi connectivity index (χ0v) is 12.1. The van der Waals surface area contributed by atoms with Crippen LogP contribution in [0.4, 0.5) is 5.82 Å². The van der Waals surface area contributed by atoms with Crippen molar-refractivity contribution in [3.8, 4) is 6.07 Å². The fourth-order valence-electron chi connectivity index (χ4n) is 2.11. The van der Waals surface area contributed by atoms with E-state index in [4.69, 9.17) is 5.26 Å². The van der Waals surface area contributed by atoms with Crippen LogP contribution in [0.2, 0.25) is 0 Å². The summed E-state index contributed by atoms with van der Waals surface area (Å²) < 4.78 is 0. The average molecular weight is 266 g/mol. The van der Waals surface area contributed by atoms with E-state index in [0.29, 0.717) is 17.3 Å². The number of nitrogens with one attached hydrogen (secondary N) is 1. The summed E-state index contributed by atoms with van der Waals surface area (Å²) in [7, 11) is 0. The van der Waals surface area contributed by atoms with Crippen molar-refractivity contribution >= 4 is 5.82 Å². The highest BCUT2D eigenvalue weighted by Gasteiger charge is 2.02. The number of rotatable bonds is 4. The number of aromatic nitrogens is 2. The normalized spacial score (nSPS) is 10.1. The number of nitrogens with zero attached hydrogens (tertiary/aromatic N) is 3. The summed E-state index contributed by atoms with van der Waals surface area (Å²) in [6, 6.07) is 10.2. The van der Waals surface area contributed by atoms with Gasteiger partial charge in [0.2, 0.25) is 0 Å². The summed E-state index contributed by atoms with van der Waals surface area (Å²) in [5.74, 6) is 1.32. The molecule has 0 aliphatic heterocycles. The molecular weight excluding hydrogens is 248 g/mol. The molecule has 102 valence electrons. The maximum Gasteiger partial charge on any atom is 0.146 e. The molecule has 0 saturated heterocycles. The average Bonchev–Trinajstić information content (AvgIpc) is 2.42. The minimum absolute atomic E-state index is 0.395. The SMILES string of the molecule is Cc1ccc(C)c(CCNc2cc(C#N)nc(C)n2)c1. The largest absolute Gasteiger partial charge is 0.370 e. The van der Waals surface area contributed by atoms with Gasteiger partial charge in [0.25, 0.3) is 0 Å². The summed E-state index contributed by atoms with van der Waals surface area (Å²) >= 11 is 0. The molecule has 4 nitrogen and oxygen atoms in total. The number of aryl methyl sites for hydroxylation is 3. The molecule has 0 amide bonds. The molecule has 4 heteroatoms. The quantitative estimate of drug-likeness (QED) is 0.924. The van der Waals surface area contributed by atoms with Gasteiger partial charge in [0.1, 0.15) is 23.4 Å². The Morgan fingerprint density at radius 2 is 1.95 bits per heavy atom. The molecule has 0 radical (unpaired) electrons. The number of nitriles is 1. The lowest BCUT2D eigenvalue weighted by Crippen LogP contribution is -2.08. The molecule has 0 unspecified atom stereocenters. The molecule has 0 aliphatic rings. The van der Waals surface area contributed by atoms with Crippen LogP contribution < -0.4 is 5.32 Å². The van der Waals surface area contributed by atoms with Crippen LogP contribution in [-0.4, -0.2) is 16.5 Å². The zero-order chi connectivity index (χ0) is 14.5. The molecule has 20 heavy (non-hydrogen) atoms. The Hall–Kier alpha value is -2.41. The number of hydrogen-bond donors (Lipinski definition) is 1. The van der Waals surface area contributed by atoms with E-state index in [2.05, 4.69) is 47.3 Å². The molecule has 0 aliphatic carbocycles. The first-order valence-corrected chi connectivity index (χ1v) is 6.64. The molecule has 0 fully saturated rings. The number of benzene rings is 1. The molecule has 0 spiro atoms. The van der Waals surface area contributed by atoms with Crippen LogP contribution in [-0.2, 0) is 6.42 Å². The molecule has 0 atom stereocenters. The highest BCUT2D eigenvalue weighted by Crippen LogP contribution is 2.12. The van der Waals surface area contributed by atoms with Gasteiger partial charge in [0.15, 0.2) is 0 Å². The Labute approximate surface area is 119 Å². The topological polar surface area (TPSA) is 61.6 Å². The Bertz CT molecular complexity index is 656.